The number of hydrogen-bond donors (Lipinski definition) is 1. The Kier molecular flexibility index (Phi) is 4.36. The van der Waals surface area contributed by atoms with Crippen molar-refractivity contribution in [2.75, 3.05) is 13.1 Å². The van der Waals surface area contributed by atoms with Crippen molar-refractivity contribution in [3.63, 3.8) is 0 Å². The van der Waals surface area contributed by atoms with E-state index >= 15 is 0 Å². The van der Waals surface area contributed by atoms with Crippen molar-refractivity contribution in [3.8, 4) is 0 Å². The van der Waals surface area contributed by atoms with Crippen molar-refractivity contribution in [3.05, 3.63) is 12.2 Å². The molecule has 0 aromatic heterocycles. The molecule has 0 saturated carbocycles. The van der Waals surface area contributed by atoms with Crippen LogP contribution in [0.25, 0.3) is 0 Å². The summed E-state index contributed by atoms with van der Waals surface area (Å²) in [6, 6.07) is 0. The Labute approximate surface area is 86.0 Å². The molecule has 1 heterocycles. The predicted octanol–water partition coefficient (Wildman–Crippen LogP) is 2.44. The molecule has 14 heavy (non-hydrogen) atoms. The zero-order valence-corrected chi connectivity index (χ0v) is 8.92. The second kappa shape index (κ2) is 5.58. The minimum absolute atomic E-state index is 0.388. The molecule has 1 aliphatic rings. The third kappa shape index (κ3) is 3.32. The summed E-state index contributed by atoms with van der Waals surface area (Å²) in [6.45, 7) is 7.83. The molecule has 1 saturated heterocycles. The first-order valence-corrected chi connectivity index (χ1v) is 5.29. The molecule has 0 atom stereocenters. The van der Waals surface area contributed by atoms with Crippen LogP contribution in [0.1, 0.15) is 32.6 Å². The van der Waals surface area contributed by atoms with Crippen molar-refractivity contribution in [1.82, 2.24) is 4.90 Å². The molecule has 0 unspecified atom stereocenters. The monoisotopic (exact) mass is 193 g/mol. The lowest BCUT2D eigenvalue weighted by atomic mass is 10.1. The summed E-state index contributed by atoms with van der Waals surface area (Å²) in [6.07, 6.45) is 6.27. The van der Waals surface area contributed by atoms with Gasteiger partial charge in [-0.3, -0.25) is 5.41 Å². The largest absolute Gasteiger partial charge is 0.341 e. The summed E-state index contributed by atoms with van der Waals surface area (Å²) in [5, 5.41) is 7.74. The predicted molar refractivity (Wildman–Crippen MR) is 61.1 cm³/mol. The Morgan fingerprint density at radius 3 is 2.64 bits per heavy atom. The number of nitrogens with one attached hydrogen (secondary N) is 1. The molecule has 1 rings (SSSR count). The summed E-state index contributed by atoms with van der Waals surface area (Å²) in [5.41, 5.74) is 0.978. The van der Waals surface area contributed by atoms with Crippen LogP contribution in [0.3, 0.4) is 0 Å². The minimum Gasteiger partial charge on any atom is -0.341 e. The Bertz CT molecular complexity index is 237. The molecule has 78 valence electrons. The summed E-state index contributed by atoms with van der Waals surface area (Å²) >= 11 is 0. The third-order valence-electron chi connectivity index (χ3n) is 2.48. The molecule has 0 bridgehead atoms. The molecular formula is C11H19N3. The summed E-state index contributed by atoms with van der Waals surface area (Å²) < 4.78 is 0. The molecule has 0 aromatic carbocycles. The van der Waals surface area contributed by atoms with E-state index in [1.165, 1.54) is 19.3 Å². The number of likely N-dealkylation sites (tertiary alicyclic amines) is 1. The number of hydrogen-bond acceptors (Lipinski definition) is 1. The molecule has 0 spiro atoms. The van der Waals surface area contributed by atoms with Gasteiger partial charge in [0.05, 0.1) is 0 Å². The number of nitrogens with zero attached hydrogens (tertiary/aromatic N) is 2. The van der Waals surface area contributed by atoms with E-state index in [9.17, 15) is 0 Å². The highest BCUT2D eigenvalue weighted by Crippen LogP contribution is 2.09. The highest BCUT2D eigenvalue weighted by molar-refractivity contribution is 5.91. The fourth-order valence-electron chi connectivity index (χ4n) is 1.43. The molecule has 3 nitrogen and oxygen atoms in total. The normalized spacial score (nSPS) is 17.4. The summed E-state index contributed by atoms with van der Waals surface area (Å²) in [4.78, 5) is 6.13. The first-order chi connectivity index (χ1) is 6.74. The lowest BCUT2D eigenvalue weighted by Gasteiger charge is -2.26. The fourth-order valence-corrected chi connectivity index (χ4v) is 1.43. The van der Waals surface area contributed by atoms with Crippen LogP contribution in [0.4, 0.5) is 0 Å². The van der Waals surface area contributed by atoms with E-state index in [0.717, 1.165) is 25.1 Å². The maximum atomic E-state index is 7.74. The van der Waals surface area contributed by atoms with Gasteiger partial charge < -0.3 is 4.90 Å². The van der Waals surface area contributed by atoms with Crippen molar-refractivity contribution >= 4 is 12.2 Å². The van der Waals surface area contributed by atoms with E-state index in [1.54, 1.807) is 6.21 Å². The van der Waals surface area contributed by atoms with Gasteiger partial charge in [0.1, 0.15) is 0 Å². The fraction of sp³-hybridized carbons (Fsp3) is 0.636. The van der Waals surface area contributed by atoms with Gasteiger partial charge in [-0.25, -0.2) is 4.99 Å². The Balaban J connectivity index is 2.40. The van der Waals surface area contributed by atoms with E-state index < -0.39 is 0 Å². The topological polar surface area (TPSA) is 39.5 Å². The highest BCUT2D eigenvalue weighted by Gasteiger charge is 2.11. The van der Waals surface area contributed by atoms with Gasteiger partial charge in [-0.05, 0) is 31.3 Å². The molecule has 0 amide bonds. The van der Waals surface area contributed by atoms with Crippen LogP contribution >= 0.6 is 0 Å². The van der Waals surface area contributed by atoms with Crippen LogP contribution in [-0.4, -0.2) is 30.2 Å². The first kappa shape index (κ1) is 11.0. The van der Waals surface area contributed by atoms with Gasteiger partial charge in [-0.15, -0.1) is 0 Å². The number of allylic oxidation sites excluding steroid dienone is 1. The molecule has 3 heteroatoms. The Morgan fingerprint density at radius 1 is 1.43 bits per heavy atom. The van der Waals surface area contributed by atoms with Crippen LogP contribution in [0, 0.1) is 5.41 Å². The lowest BCUT2D eigenvalue weighted by Crippen LogP contribution is -2.34. The highest BCUT2D eigenvalue weighted by atomic mass is 15.2. The van der Waals surface area contributed by atoms with E-state index in [2.05, 4.69) is 11.6 Å². The van der Waals surface area contributed by atoms with Crippen molar-refractivity contribution in [2.24, 2.45) is 4.99 Å². The molecule has 1 fully saturated rings. The van der Waals surface area contributed by atoms with Crippen LogP contribution < -0.4 is 0 Å². The maximum Gasteiger partial charge on any atom is 0.217 e. The SMILES string of the molecule is C=C(/C=N\C(=N)N1CCCCC1)CC. The molecule has 0 aliphatic carbocycles. The smallest absolute Gasteiger partial charge is 0.217 e. The zero-order chi connectivity index (χ0) is 10.4. The van der Waals surface area contributed by atoms with E-state index in [4.69, 9.17) is 5.41 Å². The molecule has 0 aromatic rings. The minimum atomic E-state index is 0.388. The van der Waals surface area contributed by atoms with E-state index in [-0.39, 0.29) is 0 Å². The molecular weight excluding hydrogens is 174 g/mol. The standard InChI is InChI=1S/C11H19N3/c1-3-10(2)9-13-11(12)14-7-5-4-6-8-14/h9,12H,2-8H2,1H3/b12-11?,13-9-. The third-order valence-corrected chi connectivity index (χ3v) is 2.48. The average Bonchev–Trinajstić information content (AvgIpc) is 2.26. The second-order valence-electron chi connectivity index (χ2n) is 3.64. The maximum absolute atomic E-state index is 7.74. The van der Waals surface area contributed by atoms with Gasteiger partial charge in [0.15, 0.2) is 0 Å². The van der Waals surface area contributed by atoms with Crippen LogP contribution in [0.15, 0.2) is 17.1 Å². The molecule has 1 aliphatic heterocycles. The quantitative estimate of drug-likeness (QED) is 0.531. The van der Waals surface area contributed by atoms with Gasteiger partial charge in [0, 0.05) is 19.3 Å². The van der Waals surface area contributed by atoms with Crippen molar-refractivity contribution in [1.29, 1.82) is 5.41 Å². The zero-order valence-electron chi connectivity index (χ0n) is 8.92. The first-order valence-electron chi connectivity index (χ1n) is 5.29. The number of rotatable bonds is 2. The van der Waals surface area contributed by atoms with Gasteiger partial charge in [-0.2, -0.15) is 0 Å². The van der Waals surface area contributed by atoms with Crippen molar-refractivity contribution < 1.29 is 0 Å². The lowest BCUT2D eigenvalue weighted by molar-refractivity contribution is 0.337. The average molecular weight is 193 g/mol. The van der Waals surface area contributed by atoms with Crippen molar-refractivity contribution in [2.45, 2.75) is 32.6 Å². The van der Waals surface area contributed by atoms with E-state index in [0.29, 0.717) is 5.96 Å². The summed E-state index contributed by atoms with van der Waals surface area (Å²) in [7, 11) is 0. The van der Waals surface area contributed by atoms with Gasteiger partial charge >= 0.3 is 0 Å². The van der Waals surface area contributed by atoms with Gasteiger partial charge in [0.2, 0.25) is 5.96 Å². The van der Waals surface area contributed by atoms with Crippen LogP contribution in [0.5, 0.6) is 0 Å². The van der Waals surface area contributed by atoms with Crippen LogP contribution in [0.2, 0.25) is 0 Å². The molecule has 0 radical (unpaired) electrons. The van der Waals surface area contributed by atoms with Crippen LogP contribution in [-0.2, 0) is 0 Å². The molecule has 1 N–H and O–H groups in total. The Morgan fingerprint density at radius 2 is 2.07 bits per heavy atom. The summed E-state index contributed by atoms with van der Waals surface area (Å²) in [5.74, 6) is 0.388. The number of aliphatic imine (C=N–C) groups is 1. The Hall–Kier alpha value is -1.12. The second-order valence-corrected chi connectivity index (χ2v) is 3.64. The number of guanidine groups is 1. The van der Waals surface area contributed by atoms with E-state index in [1.807, 2.05) is 11.8 Å². The number of piperidine rings is 1. The van der Waals surface area contributed by atoms with Gasteiger partial charge in [0.25, 0.3) is 0 Å². The van der Waals surface area contributed by atoms with Gasteiger partial charge in [-0.1, -0.05) is 13.5 Å².